The van der Waals surface area contributed by atoms with Crippen molar-refractivity contribution in [3.8, 4) is 0 Å². The number of nitrogens with zero attached hydrogens (tertiary/aromatic N) is 2. The lowest BCUT2D eigenvalue weighted by Crippen LogP contribution is -2.46. The van der Waals surface area contributed by atoms with E-state index in [1.165, 1.54) is 4.31 Å². The standard InChI is InChI=1S/C13H17N3O4S/c1-10-3-2-4-11-13(10)15-12(20-11)9-14-21(17,18)16-5-7-19-8-6-16/h2-4,14H,5-9H2,1H3. The van der Waals surface area contributed by atoms with Gasteiger partial charge in [-0.1, -0.05) is 12.1 Å². The molecule has 0 spiro atoms. The molecule has 0 saturated carbocycles. The van der Waals surface area contributed by atoms with E-state index in [1.807, 2.05) is 25.1 Å². The first kappa shape index (κ1) is 14.5. The van der Waals surface area contributed by atoms with Gasteiger partial charge >= 0.3 is 0 Å². The van der Waals surface area contributed by atoms with Gasteiger partial charge in [0.15, 0.2) is 5.58 Å². The predicted octanol–water partition coefficient (Wildman–Crippen LogP) is 0.803. The van der Waals surface area contributed by atoms with E-state index in [1.54, 1.807) is 0 Å². The van der Waals surface area contributed by atoms with Crippen molar-refractivity contribution in [1.29, 1.82) is 0 Å². The number of hydrogen-bond acceptors (Lipinski definition) is 5. The number of benzene rings is 1. The number of aryl methyl sites for hydroxylation is 1. The van der Waals surface area contributed by atoms with Crippen molar-refractivity contribution >= 4 is 21.3 Å². The Kier molecular flexibility index (Phi) is 3.94. The van der Waals surface area contributed by atoms with Crippen LogP contribution in [-0.4, -0.2) is 44.0 Å². The van der Waals surface area contributed by atoms with Crippen molar-refractivity contribution in [2.24, 2.45) is 0 Å². The third-order valence-electron chi connectivity index (χ3n) is 3.38. The molecule has 0 bridgehead atoms. The number of aromatic nitrogens is 1. The van der Waals surface area contributed by atoms with Gasteiger partial charge in [0.05, 0.1) is 19.8 Å². The van der Waals surface area contributed by atoms with Gasteiger partial charge in [0.25, 0.3) is 10.2 Å². The molecular formula is C13H17N3O4S. The normalized spacial score (nSPS) is 17.4. The molecule has 1 saturated heterocycles. The van der Waals surface area contributed by atoms with E-state index in [0.717, 1.165) is 11.1 Å². The Morgan fingerprint density at radius 1 is 1.33 bits per heavy atom. The molecule has 0 unspecified atom stereocenters. The molecule has 0 atom stereocenters. The lowest BCUT2D eigenvalue weighted by atomic mass is 10.2. The van der Waals surface area contributed by atoms with Crippen LogP contribution in [-0.2, 0) is 21.5 Å². The van der Waals surface area contributed by atoms with Crippen molar-refractivity contribution < 1.29 is 17.6 Å². The van der Waals surface area contributed by atoms with Crippen molar-refractivity contribution in [1.82, 2.24) is 14.0 Å². The largest absolute Gasteiger partial charge is 0.439 e. The summed E-state index contributed by atoms with van der Waals surface area (Å²) in [6.45, 7) is 3.54. The van der Waals surface area contributed by atoms with Crippen LogP contribution >= 0.6 is 0 Å². The number of morpholine rings is 1. The SMILES string of the molecule is Cc1cccc2oc(CNS(=O)(=O)N3CCOCC3)nc12. The quantitative estimate of drug-likeness (QED) is 0.903. The molecule has 21 heavy (non-hydrogen) atoms. The molecule has 1 aliphatic rings. The molecule has 114 valence electrons. The number of ether oxygens (including phenoxy) is 1. The maximum absolute atomic E-state index is 12.1. The number of para-hydroxylation sites is 1. The zero-order valence-corrected chi connectivity index (χ0v) is 12.5. The van der Waals surface area contributed by atoms with Crippen LogP contribution in [0.25, 0.3) is 11.1 Å². The van der Waals surface area contributed by atoms with Gasteiger partial charge in [-0.05, 0) is 18.6 Å². The zero-order valence-electron chi connectivity index (χ0n) is 11.7. The number of oxazole rings is 1. The molecule has 7 nitrogen and oxygen atoms in total. The molecular weight excluding hydrogens is 294 g/mol. The highest BCUT2D eigenvalue weighted by Gasteiger charge is 2.24. The van der Waals surface area contributed by atoms with Crippen LogP contribution in [0.5, 0.6) is 0 Å². The molecule has 0 aliphatic carbocycles. The van der Waals surface area contributed by atoms with E-state index in [-0.39, 0.29) is 6.54 Å². The fraction of sp³-hybridized carbons (Fsp3) is 0.462. The fourth-order valence-corrected chi connectivity index (χ4v) is 3.36. The van der Waals surface area contributed by atoms with Crippen LogP contribution in [0.1, 0.15) is 11.5 Å². The summed E-state index contributed by atoms with van der Waals surface area (Å²) in [4.78, 5) is 4.32. The Balaban J connectivity index is 1.72. The second kappa shape index (κ2) is 5.72. The van der Waals surface area contributed by atoms with Gasteiger partial charge in [-0.15, -0.1) is 0 Å². The average molecular weight is 311 g/mol. The highest BCUT2D eigenvalue weighted by molar-refractivity contribution is 7.87. The first-order valence-electron chi connectivity index (χ1n) is 6.74. The molecule has 2 heterocycles. The van der Waals surface area contributed by atoms with Crippen LogP contribution in [0.3, 0.4) is 0 Å². The van der Waals surface area contributed by atoms with E-state index in [0.29, 0.717) is 37.8 Å². The van der Waals surface area contributed by atoms with E-state index < -0.39 is 10.2 Å². The van der Waals surface area contributed by atoms with E-state index >= 15 is 0 Å². The number of rotatable bonds is 4. The predicted molar refractivity (Wildman–Crippen MR) is 76.9 cm³/mol. The first-order valence-corrected chi connectivity index (χ1v) is 8.18. The van der Waals surface area contributed by atoms with Gasteiger partial charge in [0.1, 0.15) is 5.52 Å². The lowest BCUT2D eigenvalue weighted by Gasteiger charge is -2.25. The number of hydrogen-bond donors (Lipinski definition) is 1. The topological polar surface area (TPSA) is 84.7 Å². The number of nitrogens with one attached hydrogen (secondary N) is 1. The molecule has 0 radical (unpaired) electrons. The highest BCUT2D eigenvalue weighted by Crippen LogP contribution is 2.18. The minimum absolute atomic E-state index is 0.0355. The van der Waals surface area contributed by atoms with Crippen LogP contribution in [0.15, 0.2) is 22.6 Å². The van der Waals surface area contributed by atoms with Gasteiger partial charge in [0.2, 0.25) is 5.89 Å². The van der Waals surface area contributed by atoms with Gasteiger partial charge in [-0.2, -0.15) is 17.4 Å². The van der Waals surface area contributed by atoms with E-state index in [9.17, 15) is 8.42 Å². The minimum Gasteiger partial charge on any atom is -0.439 e. The summed E-state index contributed by atoms with van der Waals surface area (Å²) in [5, 5.41) is 0. The fourth-order valence-electron chi connectivity index (χ4n) is 2.24. The molecule has 2 aromatic rings. The molecule has 1 aromatic carbocycles. The Labute approximate surface area is 123 Å². The third-order valence-corrected chi connectivity index (χ3v) is 4.93. The van der Waals surface area contributed by atoms with Gasteiger partial charge in [0, 0.05) is 13.1 Å². The van der Waals surface area contributed by atoms with Crippen LogP contribution in [0.4, 0.5) is 0 Å². The van der Waals surface area contributed by atoms with E-state index in [2.05, 4.69) is 9.71 Å². The van der Waals surface area contributed by atoms with Gasteiger partial charge < -0.3 is 9.15 Å². The Morgan fingerprint density at radius 3 is 2.81 bits per heavy atom. The second-order valence-electron chi connectivity index (χ2n) is 4.87. The summed E-state index contributed by atoms with van der Waals surface area (Å²) in [5.74, 6) is 0.358. The molecule has 3 rings (SSSR count). The zero-order chi connectivity index (χ0) is 14.9. The summed E-state index contributed by atoms with van der Waals surface area (Å²) in [6, 6.07) is 5.63. The van der Waals surface area contributed by atoms with Gasteiger partial charge in [-0.3, -0.25) is 0 Å². The van der Waals surface area contributed by atoms with Crippen molar-refractivity contribution in [3.05, 3.63) is 29.7 Å². The monoisotopic (exact) mass is 311 g/mol. The van der Waals surface area contributed by atoms with Crippen molar-refractivity contribution in [2.45, 2.75) is 13.5 Å². The third kappa shape index (κ3) is 3.08. The summed E-state index contributed by atoms with van der Waals surface area (Å²) in [7, 11) is -3.53. The smallest absolute Gasteiger partial charge is 0.280 e. The van der Waals surface area contributed by atoms with Crippen LogP contribution in [0, 0.1) is 6.92 Å². The molecule has 1 aromatic heterocycles. The van der Waals surface area contributed by atoms with Crippen molar-refractivity contribution in [3.63, 3.8) is 0 Å². The lowest BCUT2D eigenvalue weighted by molar-refractivity contribution is 0.0724. The van der Waals surface area contributed by atoms with E-state index in [4.69, 9.17) is 9.15 Å². The summed E-state index contributed by atoms with van der Waals surface area (Å²) < 4.78 is 38.8. The van der Waals surface area contributed by atoms with Gasteiger partial charge in [-0.25, -0.2) is 4.98 Å². The first-order chi connectivity index (χ1) is 10.1. The maximum Gasteiger partial charge on any atom is 0.280 e. The number of fused-ring (bicyclic) bond motifs is 1. The van der Waals surface area contributed by atoms with Crippen LogP contribution in [0.2, 0.25) is 0 Å². The maximum atomic E-state index is 12.1. The molecule has 1 N–H and O–H groups in total. The van der Waals surface area contributed by atoms with Crippen molar-refractivity contribution in [2.75, 3.05) is 26.3 Å². The summed E-state index contributed by atoms with van der Waals surface area (Å²) in [5.41, 5.74) is 2.42. The molecule has 1 aliphatic heterocycles. The Morgan fingerprint density at radius 2 is 2.10 bits per heavy atom. The average Bonchev–Trinajstić information content (AvgIpc) is 2.91. The molecule has 0 amide bonds. The second-order valence-corrected chi connectivity index (χ2v) is 6.62. The van der Waals surface area contributed by atoms with Crippen LogP contribution < -0.4 is 4.72 Å². The highest BCUT2D eigenvalue weighted by atomic mass is 32.2. The summed E-state index contributed by atoms with van der Waals surface area (Å²) >= 11 is 0. The summed E-state index contributed by atoms with van der Waals surface area (Å²) in [6.07, 6.45) is 0. The Bertz CT molecular complexity index is 735. The minimum atomic E-state index is -3.53. The molecule has 8 heteroatoms. The molecule has 1 fully saturated rings. The Hall–Kier alpha value is -1.48.